The van der Waals surface area contributed by atoms with Crippen molar-refractivity contribution in [3.05, 3.63) is 70.7 Å². The maximum Gasteiger partial charge on any atom is 0.179 e. The minimum absolute atomic E-state index is 0.0274. The lowest BCUT2D eigenvalue weighted by Gasteiger charge is -2.20. The number of hydrogen-bond donors (Lipinski definition) is 0. The third kappa shape index (κ3) is 3.50. The average molecular weight is 389 g/mol. The second-order valence-corrected chi connectivity index (χ2v) is 8.74. The van der Waals surface area contributed by atoms with Gasteiger partial charge in [0.25, 0.3) is 0 Å². The number of sulfone groups is 1. The fraction of sp³-hybridized carbons (Fsp3) is 0.200. The minimum atomic E-state index is -3.38. The molecule has 4 nitrogen and oxygen atoms in total. The Kier molecular flexibility index (Phi) is 4.51. The Labute approximate surface area is 157 Å². The van der Waals surface area contributed by atoms with E-state index in [9.17, 15) is 8.42 Å². The van der Waals surface area contributed by atoms with E-state index in [1.165, 1.54) is 0 Å². The van der Waals surface area contributed by atoms with Crippen LogP contribution >= 0.6 is 11.6 Å². The van der Waals surface area contributed by atoms with E-state index in [-0.39, 0.29) is 11.5 Å². The quantitative estimate of drug-likeness (QED) is 0.665. The van der Waals surface area contributed by atoms with Gasteiger partial charge in [0.15, 0.2) is 21.3 Å². The van der Waals surface area contributed by atoms with E-state index in [1.807, 2.05) is 42.5 Å². The van der Waals surface area contributed by atoms with E-state index in [0.717, 1.165) is 16.3 Å². The van der Waals surface area contributed by atoms with Gasteiger partial charge in [0, 0.05) is 0 Å². The topological polar surface area (TPSA) is 52.6 Å². The van der Waals surface area contributed by atoms with Gasteiger partial charge in [-0.25, -0.2) is 8.42 Å². The molecule has 0 aliphatic carbocycles. The summed E-state index contributed by atoms with van der Waals surface area (Å²) in [5, 5.41) is 2.36. The zero-order valence-corrected chi connectivity index (χ0v) is 15.5. The maximum atomic E-state index is 12.8. The Morgan fingerprint density at radius 3 is 2.58 bits per heavy atom. The fourth-order valence-corrected chi connectivity index (χ4v) is 5.00. The molecule has 1 aliphatic heterocycles. The second-order valence-electron chi connectivity index (χ2n) is 6.27. The molecule has 3 aromatic carbocycles. The van der Waals surface area contributed by atoms with Crippen molar-refractivity contribution in [2.45, 2.75) is 11.5 Å². The highest BCUT2D eigenvalue weighted by atomic mass is 35.5. The molecule has 0 spiro atoms. The monoisotopic (exact) mass is 388 g/mol. The van der Waals surface area contributed by atoms with Gasteiger partial charge in [-0.15, -0.1) is 0 Å². The highest BCUT2D eigenvalue weighted by molar-refractivity contribution is 7.89. The summed E-state index contributed by atoms with van der Waals surface area (Å²) in [5.41, 5.74) is 1.39. The van der Waals surface area contributed by atoms with Crippen molar-refractivity contribution in [3.63, 3.8) is 0 Å². The third-order valence-electron chi connectivity index (χ3n) is 4.30. The molecular formula is C20H17ClO4S. The minimum Gasteiger partial charge on any atom is -0.486 e. The van der Waals surface area contributed by atoms with E-state index < -0.39 is 9.84 Å². The lowest BCUT2D eigenvalue weighted by Crippen LogP contribution is -2.16. The van der Waals surface area contributed by atoms with Crippen LogP contribution in [0.2, 0.25) is 5.02 Å². The molecule has 134 valence electrons. The van der Waals surface area contributed by atoms with E-state index in [0.29, 0.717) is 35.3 Å². The van der Waals surface area contributed by atoms with Gasteiger partial charge in [0.05, 0.1) is 16.5 Å². The molecule has 4 rings (SSSR count). The molecule has 0 radical (unpaired) electrons. The lowest BCUT2D eigenvalue weighted by atomic mass is 10.1. The predicted molar refractivity (Wildman–Crippen MR) is 103 cm³/mol. The number of ether oxygens (including phenoxy) is 2. The van der Waals surface area contributed by atoms with Crippen molar-refractivity contribution < 1.29 is 17.9 Å². The van der Waals surface area contributed by atoms with E-state index in [2.05, 4.69) is 0 Å². The Morgan fingerprint density at radius 1 is 0.923 bits per heavy atom. The molecule has 0 saturated carbocycles. The predicted octanol–water partition coefficient (Wildman–Crippen LogP) is 4.38. The summed E-state index contributed by atoms with van der Waals surface area (Å²) in [4.78, 5) is 0. The van der Waals surface area contributed by atoms with Gasteiger partial charge >= 0.3 is 0 Å². The summed E-state index contributed by atoms with van der Waals surface area (Å²) in [6.07, 6.45) is 0. The molecule has 1 aliphatic rings. The SMILES string of the molecule is O=S(=O)(Cc1cc(Cl)c2c(c1)OCCO2)Cc1cccc2ccccc12. The molecule has 1 heterocycles. The van der Waals surface area contributed by atoms with Crippen LogP contribution < -0.4 is 9.47 Å². The summed E-state index contributed by atoms with van der Waals surface area (Å²) in [7, 11) is -3.38. The highest BCUT2D eigenvalue weighted by Crippen LogP contribution is 2.38. The van der Waals surface area contributed by atoms with Crippen LogP contribution in [0.15, 0.2) is 54.6 Å². The normalized spacial score (nSPS) is 13.7. The first-order valence-electron chi connectivity index (χ1n) is 8.27. The largest absolute Gasteiger partial charge is 0.486 e. The molecule has 0 atom stereocenters. The number of rotatable bonds is 4. The van der Waals surface area contributed by atoms with Crippen molar-refractivity contribution in [2.75, 3.05) is 13.2 Å². The van der Waals surface area contributed by atoms with Crippen LogP contribution in [0.5, 0.6) is 11.5 Å². The number of halogens is 1. The Balaban J connectivity index is 1.62. The summed E-state index contributed by atoms with van der Waals surface area (Å²) < 4.78 is 36.6. The van der Waals surface area contributed by atoms with Crippen LogP contribution in [0, 0.1) is 0 Å². The molecule has 0 bridgehead atoms. The molecule has 0 aromatic heterocycles. The summed E-state index contributed by atoms with van der Waals surface area (Å²) >= 11 is 6.21. The van der Waals surface area contributed by atoms with Gasteiger partial charge < -0.3 is 9.47 Å². The number of hydrogen-bond acceptors (Lipinski definition) is 4. The Hall–Kier alpha value is -2.24. The van der Waals surface area contributed by atoms with Crippen LogP contribution in [0.1, 0.15) is 11.1 Å². The molecule has 0 amide bonds. The number of fused-ring (bicyclic) bond motifs is 2. The van der Waals surface area contributed by atoms with Gasteiger partial charge in [0.2, 0.25) is 0 Å². The number of benzene rings is 3. The Morgan fingerprint density at radius 2 is 1.69 bits per heavy atom. The van der Waals surface area contributed by atoms with Crippen LogP contribution in [0.3, 0.4) is 0 Å². The smallest absolute Gasteiger partial charge is 0.179 e. The van der Waals surface area contributed by atoms with Gasteiger partial charge in [-0.05, 0) is 34.0 Å². The van der Waals surface area contributed by atoms with Crippen molar-refractivity contribution in [3.8, 4) is 11.5 Å². The highest BCUT2D eigenvalue weighted by Gasteiger charge is 2.20. The molecule has 0 unspecified atom stereocenters. The first-order chi connectivity index (χ1) is 12.5. The molecule has 26 heavy (non-hydrogen) atoms. The van der Waals surface area contributed by atoms with Crippen molar-refractivity contribution in [2.24, 2.45) is 0 Å². The lowest BCUT2D eigenvalue weighted by molar-refractivity contribution is 0.171. The summed E-state index contributed by atoms with van der Waals surface area (Å²) in [6.45, 7) is 0.862. The van der Waals surface area contributed by atoms with Crippen molar-refractivity contribution in [1.29, 1.82) is 0 Å². The van der Waals surface area contributed by atoms with Gasteiger partial charge in [-0.1, -0.05) is 54.1 Å². The van der Waals surface area contributed by atoms with Gasteiger partial charge in [-0.3, -0.25) is 0 Å². The van der Waals surface area contributed by atoms with Gasteiger partial charge in [-0.2, -0.15) is 0 Å². The van der Waals surface area contributed by atoms with Crippen LogP contribution in [-0.4, -0.2) is 21.6 Å². The fourth-order valence-electron chi connectivity index (χ4n) is 3.21. The molecule has 0 fully saturated rings. The second kappa shape index (κ2) is 6.82. The van der Waals surface area contributed by atoms with Crippen LogP contribution in [-0.2, 0) is 21.3 Å². The maximum absolute atomic E-state index is 12.8. The summed E-state index contributed by atoms with van der Waals surface area (Å²) in [6, 6.07) is 16.8. The van der Waals surface area contributed by atoms with Crippen molar-refractivity contribution in [1.82, 2.24) is 0 Å². The average Bonchev–Trinajstić information content (AvgIpc) is 2.61. The van der Waals surface area contributed by atoms with Crippen molar-refractivity contribution >= 4 is 32.2 Å². The van der Waals surface area contributed by atoms with E-state index in [4.69, 9.17) is 21.1 Å². The summed E-state index contributed by atoms with van der Waals surface area (Å²) in [5.74, 6) is 0.847. The first-order valence-corrected chi connectivity index (χ1v) is 10.5. The molecular weight excluding hydrogens is 372 g/mol. The third-order valence-corrected chi connectivity index (χ3v) is 6.10. The molecule has 0 N–H and O–H groups in total. The van der Waals surface area contributed by atoms with E-state index >= 15 is 0 Å². The van der Waals surface area contributed by atoms with Crippen LogP contribution in [0.4, 0.5) is 0 Å². The Bertz CT molecular complexity index is 1070. The molecule has 0 saturated heterocycles. The molecule has 3 aromatic rings. The standard InChI is InChI=1S/C20H17ClO4S/c21-18-10-14(11-19-20(18)25-9-8-24-19)12-26(22,23)13-16-6-3-5-15-4-1-2-7-17(15)16/h1-7,10-11H,8-9,12-13H2. The van der Waals surface area contributed by atoms with Gasteiger partial charge in [0.1, 0.15) is 13.2 Å². The molecule has 6 heteroatoms. The first kappa shape index (κ1) is 17.2. The zero-order chi connectivity index (χ0) is 18.1. The zero-order valence-electron chi connectivity index (χ0n) is 13.9. The van der Waals surface area contributed by atoms with Crippen LogP contribution in [0.25, 0.3) is 10.8 Å². The van der Waals surface area contributed by atoms with E-state index in [1.54, 1.807) is 12.1 Å².